The normalized spacial score (nSPS) is 16.3. The van der Waals surface area contributed by atoms with Crippen LogP contribution >= 0.6 is 0 Å². The zero-order valence-corrected chi connectivity index (χ0v) is 11.6. The van der Waals surface area contributed by atoms with Gasteiger partial charge in [0.05, 0.1) is 0 Å². The predicted molar refractivity (Wildman–Crippen MR) is 72.0 cm³/mol. The first-order valence-corrected chi connectivity index (χ1v) is 6.49. The third-order valence-electron chi connectivity index (χ3n) is 2.56. The van der Waals surface area contributed by atoms with E-state index in [2.05, 4.69) is 15.4 Å². The molecule has 0 spiro atoms. The number of aliphatic imine (C=N–C) groups is 1. The average Bonchev–Trinajstić information content (AvgIpc) is 2.94. The number of nitrogens with one attached hydrogen (secondary N) is 1. The molecule has 1 heterocycles. The van der Waals surface area contributed by atoms with Crippen molar-refractivity contribution in [3.8, 4) is 0 Å². The third-order valence-corrected chi connectivity index (χ3v) is 2.56. The van der Waals surface area contributed by atoms with Crippen molar-refractivity contribution in [2.45, 2.75) is 39.2 Å². The van der Waals surface area contributed by atoms with Crippen LogP contribution in [0.3, 0.4) is 0 Å². The van der Waals surface area contributed by atoms with Gasteiger partial charge in [0.2, 0.25) is 5.96 Å². The van der Waals surface area contributed by atoms with Crippen LogP contribution in [0.5, 0.6) is 0 Å². The zero-order valence-electron chi connectivity index (χ0n) is 11.6. The van der Waals surface area contributed by atoms with E-state index in [1.807, 2.05) is 20.8 Å². The lowest BCUT2D eigenvalue weighted by atomic mass is 10.2. The molecule has 0 radical (unpaired) electrons. The smallest absolute Gasteiger partial charge is 0.437 e. The quantitative estimate of drug-likeness (QED) is 0.655. The minimum atomic E-state index is -0.610. The van der Waals surface area contributed by atoms with Gasteiger partial charge in [-0.1, -0.05) is 0 Å². The van der Waals surface area contributed by atoms with Crippen molar-refractivity contribution >= 4 is 12.1 Å². The summed E-state index contributed by atoms with van der Waals surface area (Å²) in [6, 6.07) is 1.78. The van der Waals surface area contributed by atoms with Gasteiger partial charge >= 0.3 is 6.09 Å². The summed E-state index contributed by atoms with van der Waals surface area (Å²) in [6.07, 6.45) is 5.23. The lowest BCUT2D eigenvalue weighted by Gasteiger charge is -2.18. The van der Waals surface area contributed by atoms with Crippen molar-refractivity contribution < 1.29 is 9.53 Å². The SMILES string of the molecule is CC(C)(C)OC(=O)/N=C(\NCC1CC1)n1cccn1. The number of carbonyl (C=O) groups is 1. The number of rotatable bonds is 2. The van der Waals surface area contributed by atoms with E-state index in [-0.39, 0.29) is 0 Å². The minimum absolute atomic E-state index is 0.408. The highest BCUT2D eigenvalue weighted by Crippen LogP contribution is 2.27. The van der Waals surface area contributed by atoms with Gasteiger partial charge in [0.25, 0.3) is 0 Å². The minimum Gasteiger partial charge on any atom is -0.442 e. The topological polar surface area (TPSA) is 68.5 Å². The fourth-order valence-corrected chi connectivity index (χ4v) is 1.49. The van der Waals surface area contributed by atoms with Gasteiger partial charge < -0.3 is 10.1 Å². The number of carbonyl (C=O) groups excluding carboxylic acids is 1. The molecule has 2 rings (SSSR count). The van der Waals surface area contributed by atoms with E-state index in [1.54, 1.807) is 18.5 Å². The summed E-state index contributed by atoms with van der Waals surface area (Å²) in [7, 11) is 0. The van der Waals surface area contributed by atoms with Crippen LogP contribution < -0.4 is 5.32 Å². The van der Waals surface area contributed by atoms with Gasteiger partial charge in [-0.2, -0.15) is 5.10 Å². The molecule has 1 saturated carbocycles. The van der Waals surface area contributed by atoms with Crippen LogP contribution in [0.15, 0.2) is 23.5 Å². The molecule has 0 saturated heterocycles. The Morgan fingerprint density at radius 1 is 1.53 bits per heavy atom. The Morgan fingerprint density at radius 2 is 2.26 bits per heavy atom. The molecule has 1 N–H and O–H groups in total. The van der Waals surface area contributed by atoms with Crippen molar-refractivity contribution in [2.75, 3.05) is 6.54 Å². The van der Waals surface area contributed by atoms with E-state index in [0.717, 1.165) is 6.54 Å². The maximum atomic E-state index is 11.7. The Balaban J connectivity index is 2.04. The molecular formula is C13H20N4O2. The number of amides is 1. The van der Waals surface area contributed by atoms with Gasteiger partial charge in [0.15, 0.2) is 0 Å². The van der Waals surface area contributed by atoms with Crippen molar-refractivity contribution in [1.82, 2.24) is 15.1 Å². The number of hydrogen-bond acceptors (Lipinski definition) is 3. The van der Waals surface area contributed by atoms with Crippen molar-refractivity contribution in [2.24, 2.45) is 10.9 Å². The van der Waals surface area contributed by atoms with Crippen LogP contribution in [0, 0.1) is 5.92 Å². The molecule has 19 heavy (non-hydrogen) atoms. The molecule has 6 nitrogen and oxygen atoms in total. The molecule has 1 aliphatic carbocycles. The zero-order chi connectivity index (χ0) is 13.9. The summed E-state index contributed by atoms with van der Waals surface area (Å²) < 4.78 is 6.72. The Bertz CT molecular complexity index is 455. The van der Waals surface area contributed by atoms with E-state index < -0.39 is 11.7 Å². The summed E-state index contributed by atoms with van der Waals surface area (Å²) >= 11 is 0. The van der Waals surface area contributed by atoms with E-state index in [4.69, 9.17) is 4.74 Å². The summed E-state index contributed by atoms with van der Waals surface area (Å²) in [4.78, 5) is 15.7. The highest BCUT2D eigenvalue weighted by atomic mass is 16.6. The van der Waals surface area contributed by atoms with Gasteiger partial charge in [0.1, 0.15) is 5.60 Å². The summed E-state index contributed by atoms with van der Waals surface area (Å²) in [5.41, 5.74) is -0.549. The van der Waals surface area contributed by atoms with Gasteiger partial charge in [-0.15, -0.1) is 4.99 Å². The van der Waals surface area contributed by atoms with Crippen molar-refractivity contribution in [1.29, 1.82) is 0 Å². The first-order valence-electron chi connectivity index (χ1n) is 6.49. The molecule has 1 fully saturated rings. The molecule has 0 aromatic carbocycles. The molecule has 6 heteroatoms. The molecule has 0 aliphatic heterocycles. The first kappa shape index (κ1) is 13.6. The van der Waals surface area contributed by atoms with Gasteiger partial charge in [0, 0.05) is 18.9 Å². The van der Waals surface area contributed by atoms with Gasteiger partial charge in [-0.25, -0.2) is 9.48 Å². The molecule has 104 valence electrons. The molecule has 1 amide bonds. The number of nitrogens with zero attached hydrogens (tertiary/aromatic N) is 3. The Morgan fingerprint density at radius 3 is 2.79 bits per heavy atom. The van der Waals surface area contributed by atoms with Crippen LogP contribution in [0.4, 0.5) is 4.79 Å². The maximum absolute atomic E-state index is 11.7. The Kier molecular flexibility index (Phi) is 3.87. The van der Waals surface area contributed by atoms with Crippen LogP contribution in [0.25, 0.3) is 0 Å². The van der Waals surface area contributed by atoms with Gasteiger partial charge in [-0.3, -0.25) is 0 Å². The number of hydrogen-bond donors (Lipinski definition) is 1. The second-order valence-electron chi connectivity index (χ2n) is 5.69. The molecule has 1 aliphatic rings. The van der Waals surface area contributed by atoms with Crippen molar-refractivity contribution in [3.05, 3.63) is 18.5 Å². The van der Waals surface area contributed by atoms with Crippen molar-refractivity contribution in [3.63, 3.8) is 0 Å². The lowest BCUT2D eigenvalue weighted by molar-refractivity contribution is 0.0603. The van der Waals surface area contributed by atoms with Crippen LogP contribution in [0.2, 0.25) is 0 Å². The molecular weight excluding hydrogens is 244 g/mol. The molecule has 0 unspecified atom stereocenters. The maximum Gasteiger partial charge on any atom is 0.437 e. The van der Waals surface area contributed by atoms with E-state index in [1.165, 1.54) is 17.5 Å². The number of aromatic nitrogens is 2. The molecule has 0 atom stereocenters. The molecule has 1 aromatic rings. The second kappa shape index (κ2) is 5.42. The molecule has 0 bridgehead atoms. The third kappa shape index (κ3) is 4.73. The summed E-state index contributed by atoms with van der Waals surface area (Å²) in [5, 5.41) is 7.23. The van der Waals surface area contributed by atoms with Gasteiger partial charge in [-0.05, 0) is 45.6 Å². The van der Waals surface area contributed by atoms with Crippen LogP contribution in [0.1, 0.15) is 33.6 Å². The largest absolute Gasteiger partial charge is 0.442 e. The van der Waals surface area contributed by atoms with E-state index >= 15 is 0 Å². The highest BCUT2D eigenvalue weighted by molar-refractivity contribution is 5.91. The molecule has 1 aromatic heterocycles. The van der Waals surface area contributed by atoms with E-state index in [9.17, 15) is 4.79 Å². The van der Waals surface area contributed by atoms with E-state index in [0.29, 0.717) is 11.9 Å². The van der Waals surface area contributed by atoms with Crippen LogP contribution in [-0.2, 0) is 4.74 Å². The average molecular weight is 264 g/mol. The Labute approximate surface area is 112 Å². The Hall–Kier alpha value is -1.85. The fraction of sp³-hybridized carbons (Fsp3) is 0.615. The van der Waals surface area contributed by atoms with Crippen LogP contribution in [-0.4, -0.2) is 34.0 Å². The summed E-state index contributed by atoms with van der Waals surface area (Å²) in [5.74, 6) is 1.09. The second-order valence-corrected chi connectivity index (χ2v) is 5.69. The number of ether oxygens (including phenoxy) is 1. The summed E-state index contributed by atoms with van der Waals surface area (Å²) in [6.45, 7) is 6.24. The highest BCUT2D eigenvalue weighted by Gasteiger charge is 2.22. The predicted octanol–water partition coefficient (Wildman–Crippen LogP) is 2.02. The standard InChI is InChI=1S/C13H20N4O2/c1-13(2,3)19-12(18)16-11(14-9-10-5-6-10)17-8-4-7-15-17/h4,7-8,10H,5-6,9H2,1-3H3,(H,14,16,18). The monoisotopic (exact) mass is 264 g/mol. The first-order chi connectivity index (χ1) is 8.94. The lowest BCUT2D eigenvalue weighted by Crippen LogP contribution is -2.34. The fourth-order valence-electron chi connectivity index (χ4n) is 1.49.